The number of alkyl halides is 3. The van der Waals surface area contributed by atoms with Crippen LogP contribution in [0.25, 0.3) is 11.1 Å². The summed E-state index contributed by atoms with van der Waals surface area (Å²) in [5, 5.41) is 4.46. The number of fused-ring (bicyclic) bond motifs is 1. The third-order valence-electron chi connectivity index (χ3n) is 4.27. The largest absolute Gasteiger partial charge is 0.457 e. The second-order valence-electron chi connectivity index (χ2n) is 6.58. The average molecular weight is 446 g/mol. The van der Waals surface area contributed by atoms with Gasteiger partial charge in [-0.2, -0.15) is 18.2 Å². The number of halogens is 4. The van der Waals surface area contributed by atoms with Gasteiger partial charge in [-0.05, 0) is 54.6 Å². The van der Waals surface area contributed by atoms with Gasteiger partial charge in [0, 0.05) is 11.8 Å². The molecule has 0 saturated carbocycles. The molecule has 0 bridgehead atoms. The Bertz CT molecular complexity index is 1290. The van der Waals surface area contributed by atoms with E-state index in [0.29, 0.717) is 46.5 Å². The van der Waals surface area contributed by atoms with Crippen molar-refractivity contribution in [3.05, 3.63) is 72.0 Å². The Morgan fingerprint density at radius 3 is 2.41 bits per heavy atom. The number of rotatable bonds is 4. The summed E-state index contributed by atoms with van der Waals surface area (Å²) in [6, 6.07) is 11.9. The van der Waals surface area contributed by atoms with Crippen LogP contribution in [-0.2, 0) is 6.18 Å². The Labute approximate surface area is 177 Å². The van der Waals surface area contributed by atoms with E-state index in [-0.39, 0.29) is 6.01 Å². The first-order valence-electron chi connectivity index (χ1n) is 9.06. The van der Waals surface area contributed by atoms with Crippen molar-refractivity contribution >= 4 is 34.5 Å². The number of nitrogens with zero attached hydrogens (tertiary/aromatic N) is 1. The maximum atomic E-state index is 13.8. The molecule has 0 radical (unpaired) electrons. The summed E-state index contributed by atoms with van der Waals surface area (Å²) in [5.41, 5.74) is 5.17. The first-order valence-corrected chi connectivity index (χ1v) is 9.06. The van der Waals surface area contributed by atoms with Crippen LogP contribution in [0, 0.1) is 5.82 Å². The van der Waals surface area contributed by atoms with E-state index in [4.69, 9.17) is 14.9 Å². The number of anilines is 3. The lowest BCUT2D eigenvalue weighted by Gasteiger charge is -2.12. The van der Waals surface area contributed by atoms with E-state index in [9.17, 15) is 22.4 Å². The minimum absolute atomic E-state index is 0.0378. The summed E-state index contributed by atoms with van der Waals surface area (Å²) in [4.78, 5) is 16.1. The molecule has 4 aromatic rings. The zero-order valence-corrected chi connectivity index (χ0v) is 16.0. The Balaban J connectivity index is 1.40. The van der Waals surface area contributed by atoms with E-state index in [1.165, 1.54) is 12.1 Å². The molecule has 0 unspecified atom stereocenters. The maximum absolute atomic E-state index is 13.8. The van der Waals surface area contributed by atoms with Crippen molar-refractivity contribution in [3.63, 3.8) is 0 Å². The molecule has 32 heavy (non-hydrogen) atoms. The molecule has 7 nitrogen and oxygen atoms in total. The fourth-order valence-corrected chi connectivity index (χ4v) is 2.81. The number of nitrogens with two attached hydrogens (primary N) is 1. The number of nitrogens with one attached hydrogen (secondary N) is 2. The van der Waals surface area contributed by atoms with Crippen molar-refractivity contribution in [3.8, 4) is 11.5 Å². The molecule has 0 atom stereocenters. The van der Waals surface area contributed by atoms with Gasteiger partial charge in [-0.1, -0.05) is 0 Å². The van der Waals surface area contributed by atoms with Gasteiger partial charge in [0.2, 0.25) is 0 Å². The molecule has 3 aromatic carbocycles. The van der Waals surface area contributed by atoms with E-state index in [2.05, 4.69) is 15.6 Å². The maximum Gasteiger partial charge on any atom is 0.416 e. The molecular weight excluding hydrogens is 432 g/mol. The quantitative estimate of drug-likeness (QED) is 0.334. The molecule has 4 N–H and O–H groups in total. The summed E-state index contributed by atoms with van der Waals surface area (Å²) >= 11 is 0. The Hall–Kier alpha value is -4.28. The SMILES string of the molecule is Nc1nc2ccc(Oc3ccc(NC(=O)Nc4cc(C(F)(F)F)ccc4F)cc3)cc2o1. The highest BCUT2D eigenvalue weighted by Crippen LogP contribution is 2.32. The Morgan fingerprint density at radius 2 is 1.69 bits per heavy atom. The third kappa shape index (κ3) is 4.72. The number of ether oxygens (including phenoxy) is 1. The lowest BCUT2D eigenvalue weighted by molar-refractivity contribution is -0.137. The molecule has 0 spiro atoms. The van der Waals surface area contributed by atoms with Gasteiger partial charge in [0.1, 0.15) is 22.8 Å². The molecule has 4 rings (SSSR count). The number of aromatic nitrogens is 1. The van der Waals surface area contributed by atoms with Crippen LogP contribution in [0.2, 0.25) is 0 Å². The molecule has 1 heterocycles. The lowest BCUT2D eigenvalue weighted by atomic mass is 10.2. The number of carbonyl (C=O) groups excluding carboxylic acids is 1. The summed E-state index contributed by atoms with van der Waals surface area (Å²) in [6.45, 7) is 0. The molecule has 0 fully saturated rings. The summed E-state index contributed by atoms with van der Waals surface area (Å²) in [6.07, 6.45) is -4.67. The summed E-state index contributed by atoms with van der Waals surface area (Å²) < 4.78 is 63.0. The minimum Gasteiger partial charge on any atom is -0.457 e. The molecule has 0 aliphatic heterocycles. The standard InChI is InChI=1S/C21H14F4N4O3/c22-15-7-1-11(21(23,24)25)9-17(15)29-20(30)27-12-2-4-13(5-3-12)31-14-6-8-16-18(10-14)32-19(26)28-16/h1-10H,(H2,26,28)(H2,27,29,30). The van der Waals surface area contributed by atoms with Gasteiger partial charge in [0.15, 0.2) is 5.58 Å². The van der Waals surface area contributed by atoms with E-state index >= 15 is 0 Å². The van der Waals surface area contributed by atoms with Crippen molar-refractivity contribution in [1.29, 1.82) is 0 Å². The molecular formula is C21H14F4N4O3. The van der Waals surface area contributed by atoms with Gasteiger partial charge in [-0.15, -0.1) is 0 Å². The zero-order valence-electron chi connectivity index (χ0n) is 16.0. The van der Waals surface area contributed by atoms with Gasteiger partial charge >= 0.3 is 12.2 Å². The third-order valence-corrected chi connectivity index (χ3v) is 4.27. The number of hydrogen-bond acceptors (Lipinski definition) is 5. The van der Waals surface area contributed by atoms with Gasteiger partial charge < -0.3 is 25.5 Å². The topological polar surface area (TPSA) is 102 Å². The first-order chi connectivity index (χ1) is 15.2. The Kier molecular flexibility index (Phi) is 5.31. The van der Waals surface area contributed by atoms with Crippen LogP contribution < -0.4 is 21.1 Å². The van der Waals surface area contributed by atoms with Crippen molar-refractivity contribution in [2.75, 3.05) is 16.4 Å². The van der Waals surface area contributed by atoms with Crippen molar-refractivity contribution in [2.45, 2.75) is 6.18 Å². The van der Waals surface area contributed by atoms with Crippen LogP contribution in [-0.4, -0.2) is 11.0 Å². The van der Waals surface area contributed by atoms with E-state index < -0.39 is 29.3 Å². The highest BCUT2D eigenvalue weighted by molar-refractivity contribution is 5.99. The second-order valence-corrected chi connectivity index (χ2v) is 6.58. The number of urea groups is 1. The lowest BCUT2D eigenvalue weighted by Crippen LogP contribution is -2.20. The first kappa shape index (κ1) is 21.0. The normalized spacial score (nSPS) is 11.4. The monoisotopic (exact) mass is 446 g/mol. The molecule has 11 heteroatoms. The number of nitrogen functional groups attached to an aromatic ring is 1. The van der Waals surface area contributed by atoms with Crippen molar-refractivity contribution in [1.82, 2.24) is 4.98 Å². The smallest absolute Gasteiger partial charge is 0.416 e. The zero-order chi connectivity index (χ0) is 22.9. The van der Waals surface area contributed by atoms with Crippen molar-refractivity contribution in [2.24, 2.45) is 0 Å². The van der Waals surface area contributed by atoms with Crippen LogP contribution in [0.4, 0.5) is 39.7 Å². The van der Waals surface area contributed by atoms with Gasteiger partial charge in [0.25, 0.3) is 6.01 Å². The van der Waals surface area contributed by atoms with Crippen LogP contribution in [0.1, 0.15) is 5.56 Å². The second kappa shape index (κ2) is 8.10. The summed E-state index contributed by atoms with van der Waals surface area (Å²) in [7, 11) is 0. The van der Waals surface area contributed by atoms with Crippen LogP contribution >= 0.6 is 0 Å². The molecule has 0 saturated heterocycles. The fraction of sp³-hybridized carbons (Fsp3) is 0.0476. The number of oxazole rings is 1. The number of benzene rings is 3. The van der Waals surface area contributed by atoms with Crippen LogP contribution in [0.3, 0.4) is 0 Å². The molecule has 0 aliphatic carbocycles. The van der Waals surface area contributed by atoms with Gasteiger partial charge in [-0.3, -0.25) is 0 Å². The fourth-order valence-electron chi connectivity index (χ4n) is 2.81. The van der Waals surface area contributed by atoms with Gasteiger partial charge in [-0.25, -0.2) is 9.18 Å². The predicted octanol–water partition coefficient (Wildman–Crippen LogP) is 6.00. The number of hydrogen-bond donors (Lipinski definition) is 3. The predicted molar refractivity (Wildman–Crippen MR) is 109 cm³/mol. The van der Waals surface area contributed by atoms with Crippen LogP contribution in [0.15, 0.2) is 65.1 Å². The highest BCUT2D eigenvalue weighted by atomic mass is 19.4. The molecule has 2 amide bonds. The van der Waals surface area contributed by atoms with E-state index in [1.807, 2.05) is 0 Å². The molecule has 164 valence electrons. The molecule has 1 aromatic heterocycles. The van der Waals surface area contributed by atoms with Crippen LogP contribution in [0.5, 0.6) is 11.5 Å². The van der Waals surface area contributed by atoms with Gasteiger partial charge in [0.05, 0.1) is 11.3 Å². The van der Waals surface area contributed by atoms with E-state index in [1.54, 1.807) is 30.3 Å². The van der Waals surface area contributed by atoms with E-state index in [0.717, 1.165) is 0 Å². The Morgan fingerprint density at radius 1 is 0.969 bits per heavy atom. The average Bonchev–Trinajstić information content (AvgIpc) is 3.09. The number of amides is 2. The number of carbonyl (C=O) groups is 1. The molecule has 0 aliphatic rings. The minimum atomic E-state index is -4.67. The summed E-state index contributed by atoms with van der Waals surface area (Å²) in [5.74, 6) is -0.0961. The highest BCUT2D eigenvalue weighted by Gasteiger charge is 2.31. The van der Waals surface area contributed by atoms with Crippen molar-refractivity contribution < 1.29 is 31.5 Å².